The molecule has 0 saturated heterocycles. The van der Waals surface area contributed by atoms with Crippen molar-refractivity contribution in [3.8, 4) is 5.75 Å². The zero-order chi connectivity index (χ0) is 18.2. The summed E-state index contributed by atoms with van der Waals surface area (Å²) in [5.74, 6) is 1.57. The Labute approximate surface area is 154 Å². The number of hydrogen-bond donors (Lipinski definition) is 2. The molecule has 2 rings (SSSR count). The van der Waals surface area contributed by atoms with E-state index in [1.165, 1.54) is 0 Å². The lowest BCUT2D eigenvalue weighted by atomic mass is 10.2. The summed E-state index contributed by atoms with van der Waals surface area (Å²) in [6.07, 6.45) is 0. The minimum Gasteiger partial charge on any atom is -0.492 e. The number of nitrogens with zero attached hydrogens (tertiary/aromatic N) is 3. The molecule has 0 radical (unpaired) electrons. The molecule has 2 N–H and O–H groups in total. The van der Waals surface area contributed by atoms with Crippen molar-refractivity contribution in [3.05, 3.63) is 46.2 Å². The van der Waals surface area contributed by atoms with Crippen LogP contribution in [0.25, 0.3) is 0 Å². The van der Waals surface area contributed by atoms with Gasteiger partial charge >= 0.3 is 0 Å². The van der Waals surface area contributed by atoms with Crippen molar-refractivity contribution in [1.82, 2.24) is 20.4 Å². The second-order valence-electron chi connectivity index (χ2n) is 5.70. The molecule has 0 amide bonds. The highest BCUT2D eigenvalue weighted by Gasteiger charge is 2.08. The fourth-order valence-electron chi connectivity index (χ4n) is 2.42. The predicted molar refractivity (Wildman–Crippen MR) is 102 cm³/mol. The summed E-state index contributed by atoms with van der Waals surface area (Å²) in [4.78, 5) is 4.64. The Morgan fingerprint density at radius 2 is 1.96 bits per heavy atom. The number of hydrogen-bond acceptors (Lipinski definition) is 3. The van der Waals surface area contributed by atoms with E-state index in [2.05, 4.69) is 27.6 Å². The third-order valence-electron chi connectivity index (χ3n) is 3.88. The molecule has 1 aromatic heterocycles. The molecule has 25 heavy (non-hydrogen) atoms. The molecule has 0 saturated carbocycles. The maximum atomic E-state index is 5.86. The SMILES string of the molecule is CCNC(=NCc1c(C)nn(C)c1C)NCCOc1ccc(Cl)cc1. The second kappa shape index (κ2) is 9.32. The number of ether oxygens (including phenoxy) is 1. The zero-order valence-electron chi connectivity index (χ0n) is 15.3. The van der Waals surface area contributed by atoms with E-state index in [9.17, 15) is 0 Å². The first kappa shape index (κ1) is 19.1. The van der Waals surface area contributed by atoms with Crippen LogP contribution in [-0.2, 0) is 13.6 Å². The average Bonchev–Trinajstić information content (AvgIpc) is 2.83. The Kier molecular flexibility index (Phi) is 7.13. The van der Waals surface area contributed by atoms with Crippen molar-refractivity contribution in [2.24, 2.45) is 12.0 Å². The van der Waals surface area contributed by atoms with E-state index < -0.39 is 0 Å². The molecule has 0 aliphatic carbocycles. The molecular formula is C18H26ClN5O. The van der Waals surface area contributed by atoms with Crippen molar-refractivity contribution in [2.75, 3.05) is 19.7 Å². The van der Waals surface area contributed by atoms with Gasteiger partial charge in [0.25, 0.3) is 0 Å². The summed E-state index contributed by atoms with van der Waals surface area (Å²) in [6.45, 7) is 8.70. The minimum absolute atomic E-state index is 0.539. The van der Waals surface area contributed by atoms with Gasteiger partial charge in [-0.15, -0.1) is 0 Å². The molecule has 2 aromatic rings. The van der Waals surface area contributed by atoms with E-state index >= 15 is 0 Å². The molecular weight excluding hydrogens is 338 g/mol. The van der Waals surface area contributed by atoms with Crippen LogP contribution in [0.3, 0.4) is 0 Å². The number of guanidine groups is 1. The Morgan fingerprint density at radius 3 is 2.56 bits per heavy atom. The van der Waals surface area contributed by atoms with Gasteiger partial charge in [0.1, 0.15) is 12.4 Å². The van der Waals surface area contributed by atoms with Gasteiger partial charge in [-0.25, -0.2) is 4.99 Å². The van der Waals surface area contributed by atoms with Crippen LogP contribution >= 0.6 is 11.6 Å². The van der Waals surface area contributed by atoms with E-state index in [4.69, 9.17) is 16.3 Å². The molecule has 0 aliphatic rings. The van der Waals surface area contributed by atoms with Crippen molar-refractivity contribution in [3.63, 3.8) is 0 Å². The maximum Gasteiger partial charge on any atom is 0.191 e. The first-order chi connectivity index (χ1) is 12.0. The summed E-state index contributed by atoms with van der Waals surface area (Å²) >= 11 is 5.86. The van der Waals surface area contributed by atoms with E-state index in [0.29, 0.717) is 24.7 Å². The molecule has 1 aromatic carbocycles. The fraction of sp³-hybridized carbons (Fsp3) is 0.444. The van der Waals surface area contributed by atoms with Gasteiger partial charge in [-0.3, -0.25) is 4.68 Å². The quantitative estimate of drug-likeness (QED) is 0.451. The lowest BCUT2D eigenvalue weighted by Gasteiger charge is -2.12. The number of rotatable bonds is 7. The molecule has 7 heteroatoms. The number of halogens is 1. The van der Waals surface area contributed by atoms with Gasteiger partial charge < -0.3 is 15.4 Å². The summed E-state index contributed by atoms with van der Waals surface area (Å²) in [7, 11) is 1.95. The lowest BCUT2D eigenvalue weighted by molar-refractivity contribution is 0.322. The van der Waals surface area contributed by atoms with Crippen molar-refractivity contribution in [2.45, 2.75) is 27.3 Å². The number of aryl methyl sites for hydroxylation is 2. The topological polar surface area (TPSA) is 63.5 Å². The highest BCUT2D eigenvalue weighted by atomic mass is 35.5. The van der Waals surface area contributed by atoms with Crippen LogP contribution in [-0.4, -0.2) is 35.4 Å². The van der Waals surface area contributed by atoms with Crippen molar-refractivity contribution < 1.29 is 4.74 Å². The smallest absolute Gasteiger partial charge is 0.191 e. The van der Waals surface area contributed by atoms with Gasteiger partial charge in [-0.05, 0) is 45.0 Å². The van der Waals surface area contributed by atoms with Gasteiger partial charge in [0.2, 0.25) is 0 Å². The summed E-state index contributed by atoms with van der Waals surface area (Å²) in [5, 5.41) is 11.7. The van der Waals surface area contributed by atoms with Gasteiger partial charge in [-0.1, -0.05) is 11.6 Å². The molecule has 6 nitrogen and oxygen atoms in total. The van der Waals surface area contributed by atoms with E-state index in [1.54, 1.807) is 0 Å². The summed E-state index contributed by atoms with van der Waals surface area (Å²) in [6, 6.07) is 7.34. The monoisotopic (exact) mass is 363 g/mol. The molecule has 0 aliphatic heterocycles. The zero-order valence-corrected chi connectivity index (χ0v) is 16.0. The Hall–Kier alpha value is -2.21. The van der Waals surface area contributed by atoms with Crippen molar-refractivity contribution in [1.29, 1.82) is 0 Å². The molecule has 136 valence electrons. The van der Waals surface area contributed by atoms with Crippen molar-refractivity contribution >= 4 is 17.6 Å². The Balaban J connectivity index is 1.86. The highest BCUT2D eigenvalue weighted by Crippen LogP contribution is 2.15. The number of benzene rings is 1. The third kappa shape index (κ3) is 5.67. The molecule has 0 fully saturated rings. The van der Waals surface area contributed by atoms with E-state index in [1.807, 2.05) is 49.8 Å². The van der Waals surface area contributed by atoms with Crippen LogP contribution in [0.4, 0.5) is 0 Å². The molecule has 0 unspecified atom stereocenters. The second-order valence-corrected chi connectivity index (χ2v) is 6.13. The first-order valence-corrected chi connectivity index (χ1v) is 8.78. The molecule has 0 spiro atoms. The molecule has 0 atom stereocenters. The predicted octanol–water partition coefficient (Wildman–Crippen LogP) is 2.82. The van der Waals surface area contributed by atoms with Gasteiger partial charge in [0.05, 0.1) is 18.8 Å². The van der Waals surface area contributed by atoms with Crippen LogP contribution in [0.5, 0.6) is 5.75 Å². The van der Waals surface area contributed by atoms with Crippen LogP contribution < -0.4 is 15.4 Å². The molecule has 0 bridgehead atoms. The summed E-state index contributed by atoms with van der Waals surface area (Å²) in [5.41, 5.74) is 3.32. The Morgan fingerprint density at radius 1 is 1.24 bits per heavy atom. The van der Waals surface area contributed by atoms with Crippen LogP contribution in [0.15, 0.2) is 29.3 Å². The van der Waals surface area contributed by atoms with Gasteiger partial charge in [0.15, 0.2) is 5.96 Å². The number of aromatic nitrogens is 2. The first-order valence-electron chi connectivity index (χ1n) is 8.41. The van der Waals surface area contributed by atoms with Crippen LogP contribution in [0.2, 0.25) is 5.02 Å². The van der Waals surface area contributed by atoms with Crippen LogP contribution in [0.1, 0.15) is 23.9 Å². The lowest BCUT2D eigenvalue weighted by Crippen LogP contribution is -2.39. The molecule has 1 heterocycles. The average molecular weight is 364 g/mol. The van der Waals surface area contributed by atoms with E-state index in [-0.39, 0.29) is 0 Å². The Bertz CT molecular complexity index is 709. The van der Waals surface area contributed by atoms with Crippen LogP contribution in [0, 0.1) is 13.8 Å². The normalized spacial score (nSPS) is 11.5. The highest BCUT2D eigenvalue weighted by molar-refractivity contribution is 6.30. The number of nitrogens with one attached hydrogen (secondary N) is 2. The van der Waals surface area contributed by atoms with Gasteiger partial charge in [0, 0.05) is 29.9 Å². The maximum absolute atomic E-state index is 5.86. The summed E-state index contributed by atoms with van der Waals surface area (Å²) < 4.78 is 7.57. The standard InChI is InChI=1S/C18H26ClN5O/c1-5-20-18(22-12-17-13(2)23-24(4)14(17)3)21-10-11-25-16-8-6-15(19)7-9-16/h6-9H,5,10-12H2,1-4H3,(H2,20,21,22). The van der Waals surface area contributed by atoms with Gasteiger partial charge in [-0.2, -0.15) is 5.10 Å². The largest absolute Gasteiger partial charge is 0.492 e. The number of aliphatic imine (C=N–C) groups is 1. The van der Waals surface area contributed by atoms with E-state index in [0.717, 1.165) is 35.2 Å². The fourth-order valence-corrected chi connectivity index (χ4v) is 2.54. The third-order valence-corrected chi connectivity index (χ3v) is 4.13. The minimum atomic E-state index is 0.539.